The van der Waals surface area contributed by atoms with Gasteiger partial charge in [0.25, 0.3) is 0 Å². The van der Waals surface area contributed by atoms with Crippen molar-refractivity contribution in [3.05, 3.63) is 120 Å². The van der Waals surface area contributed by atoms with Gasteiger partial charge in [-0.25, -0.2) is 0 Å². The van der Waals surface area contributed by atoms with Gasteiger partial charge in [0.05, 0.1) is 0 Å². The molecule has 0 unspecified atom stereocenters. The first-order valence-electron chi connectivity index (χ1n) is 10.4. The lowest BCUT2D eigenvalue weighted by Gasteiger charge is -2.26. The number of aryl methyl sites for hydroxylation is 1. The second kappa shape index (κ2) is 8.30. The maximum Gasteiger partial charge on any atom is 0.0482 e. The van der Waals surface area contributed by atoms with Crippen LogP contribution in [0.2, 0.25) is 0 Å². The van der Waals surface area contributed by atoms with Gasteiger partial charge in [-0.1, -0.05) is 66.7 Å². The van der Waals surface area contributed by atoms with Crippen molar-refractivity contribution in [1.82, 2.24) is 0 Å². The van der Waals surface area contributed by atoms with E-state index in [1.54, 1.807) is 0 Å². The minimum Gasteiger partial charge on any atom is -0.355 e. The molecule has 146 valence electrons. The molecule has 0 heterocycles. The van der Waals surface area contributed by atoms with Crippen LogP contribution in [0.3, 0.4) is 0 Å². The van der Waals surface area contributed by atoms with Gasteiger partial charge in [-0.2, -0.15) is 0 Å². The highest BCUT2D eigenvalue weighted by atomic mass is 15.1. The van der Waals surface area contributed by atoms with E-state index in [0.717, 1.165) is 41.3 Å². The van der Waals surface area contributed by atoms with E-state index in [9.17, 15) is 0 Å². The predicted octanol–water partition coefficient (Wildman–Crippen LogP) is 7.86. The number of para-hydroxylation sites is 2. The fraction of sp³-hybridized carbons (Fsp3) is 0.0714. The Morgan fingerprint density at radius 2 is 1.30 bits per heavy atom. The Hall–Kier alpha value is -3.78. The first-order valence-corrected chi connectivity index (χ1v) is 10.4. The zero-order valence-corrected chi connectivity index (χ0v) is 16.8. The Morgan fingerprint density at radius 3 is 2.03 bits per heavy atom. The lowest BCUT2D eigenvalue weighted by Crippen LogP contribution is -2.10. The molecule has 1 aliphatic carbocycles. The van der Waals surface area contributed by atoms with E-state index < -0.39 is 0 Å². The maximum atomic E-state index is 3.65. The highest BCUT2D eigenvalue weighted by Gasteiger charge is 2.13. The molecule has 0 bridgehead atoms. The lowest BCUT2D eigenvalue weighted by atomic mass is 9.96. The van der Waals surface area contributed by atoms with Gasteiger partial charge < -0.3 is 10.2 Å². The van der Waals surface area contributed by atoms with Gasteiger partial charge in [0.2, 0.25) is 0 Å². The SMILES string of the molecule is C1=Cc2c(cccc2Nc2cccc(N(c3ccccc3)c3ccccc3)c2)CC1. The molecule has 30 heavy (non-hydrogen) atoms. The summed E-state index contributed by atoms with van der Waals surface area (Å²) in [6.07, 6.45) is 6.73. The molecule has 5 rings (SSSR count). The second-order valence-corrected chi connectivity index (χ2v) is 7.50. The minimum atomic E-state index is 1.08. The van der Waals surface area contributed by atoms with Crippen molar-refractivity contribution >= 4 is 34.5 Å². The number of rotatable bonds is 5. The van der Waals surface area contributed by atoms with Gasteiger partial charge in [-0.3, -0.25) is 0 Å². The standard InChI is InChI=1S/C28H24N2/c1-3-14-24(15-4-1)30(25-16-5-2-6-17-25)26-18-10-13-23(21-26)29-28-20-9-12-22-11-7-8-19-27(22)28/h1-6,8-10,12-21,29H,7,11H2. The smallest absolute Gasteiger partial charge is 0.0482 e. The molecule has 0 aromatic heterocycles. The summed E-state index contributed by atoms with van der Waals surface area (Å²) in [5, 5.41) is 3.65. The second-order valence-electron chi connectivity index (χ2n) is 7.50. The molecule has 0 atom stereocenters. The highest BCUT2D eigenvalue weighted by molar-refractivity contribution is 5.80. The van der Waals surface area contributed by atoms with Crippen molar-refractivity contribution < 1.29 is 0 Å². The van der Waals surface area contributed by atoms with Gasteiger partial charge in [-0.15, -0.1) is 0 Å². The minimum absolute atomic E-state index is 1.08. The van der Waals surface area contributed by atoms with Gasteiger partial charge in [0.15, 0.2) is 0 Å². The van der Waals surface area contributed by atoms with E-state index in [4.69, 9.17) is 0 Å². The average Bonchev–Trinajstić information content (AvgIpc) is 2.81. The monoisotopic (exact) mass is 388 g/mol. The number of hydrogen-bond donors (Lipinski definition) is 1. The van der Waals surface area contributed by atoms with Crippen LogP contribution in [0.25, 0.3) is 6.08 Å². The van der Waals surface area contributed by atoms with Crippen molar-refractivity contribution in [2.24, 2.45) is 0 Å². The van der Waals surface area contributed by atoms with Gasteiger partial charge in [0.1, 0.15) is 0 Å². The van der Waals surface area contributed by atoms with Gasteiger partial charge in [0, 0.05) is 34.0 Å². The first kappa shape index (κ1) is 18.3. The number of anilines is 5. The quantitative estimate of drug-likeness (QED) is 0.374. The largest absolute Gasteiger partial charge is 0.355 e. The number of allylic oxidation sites excluding steroid dienone is 1. The van der Waals surface area contributed by atoms with E-state index in [-0.39, 0.29) is 0 Å². The summed E-state index contributed by atoms with van der Waals surface area (Å²) in [4.78, 5) is 2.28. The predicted molar refractivity (Wildman–Crippen MR) is 128 cm³/mol. The number of fused-ring (bicyclic) bond motifs is 1. The average molecular weight is 389 g/mol. The lowest BCUT2D eigenvalue weighted by molar-refractivity contribution is 0.986. The summed E-state index contributed by atoms with van der Waals surface area (Å²) in [6, 6.07) is 36.1. The van der Waals surface area contributed by atoms with Crippen LogP contribution in [0.1, 0.15) is 17.5 Å². The topological polar surface area (TPSA) is 15.3 Å². The van der Waals surface area contributed by atoms with Crippen LogP contribution in [0.5, 0.6) is 0 Å². The molecule has 0 saturated heterocycles. The van der Waals surface area contributed by atoms with Crippen molar-refractivity contribution in [2.45, 2.75) is 12.8 Å². The molecule has 1 aliphatic rings. The van der Waals surface area contributed by atoms with E-state index >= 15 is 0 Å². The summed E-state index contributed by atoms with van der Waals surface area (Å²) in [5.74, 6) is 0. The molecule has 2 nitrogen and oxygen atoms in total. The Balaban J connectivity index is 1.53. The van der Waals surface area contributed by atoms with Crippen LogP contribution in [0, 0.1) is 0 Å². The van der Waals surface area contributed by atoms with Crippen LogP contribution in [-0.4, -0.2) is 0 Å². The van der Waals surface area contributed by atoms with Gasteiger partial charge in [-0.05, 0) is 66.9 Å². The van der Waals surface area contributed by atoms with Gasteiger partial charge >= 0.3 is 0 Å². The summed E-state index contributed by atoms with van der Waals surface area (Å²) < 4.78 is 0. The molecule has 1 N–H and O–H groups in total. The van der Waals surface area contributed by atoms with Crippen LogP contribution in [0.15, 0.2) is 109 Å². The number of nitrogens with zero attached hydrogens (tertiary/aromatic N) is 1. The molecular formula is C28H24N2. The molecule has 0 spiro atoms. The first-order chi connectivity index (χ1) is 14.9. The molecule has 0 amide bonds. The van der Waals surface area contributed by atoms with Crippen LogP contribution >= 0.6 is 0 Å². The molecule has 0 fully saturated rings. The Morgan fingerprint density at radius 1 is 0.633 bits per heavy atom. The molecule has 2 heteroatoms. The fourth-order valence-electron chi connectivity index (χ4n) is 4.06. The molecule has 4 aromatic rings. The zero-order valence-electron chi connectivity index (χ0n) is 16.8. The fourth-order valence-corrected chi connectivity index (χ4v) is 4.06. The number of hydrogen-bond acceptors (Lipinski definition) is 2. The molecule has 0 aliphatic heterocycles. The normalized spacial score (nSPS) is 12.3. The molecule has 0 radical (unpaired) electrons. The molecular weight excluding hydrogens is 364 g/mol. The Kier molecular flexibility index (Phi) is 5.05. The Labute approximate surface area is 178 Å². The third kappa shape index (κ3) is 3.72. The summed E-state index contributed by atoms with van der Waals surface area (Å²) >= 11 is 0. The van der Waals surface area contributed by atoms with E-state index in [2.05, 4.69) is 125 Å². The van der Waals surface area contributed by atoms with Crippen molar-refractivity contribution in [1.29, 1.82) is 0 Å². The summed E-state index contributed by atoms with van der Waals surface area (Å²) in [6.45, 7) is 0. The van der Waals surface area contributed by atoms with Crippen LogP contribution in [-0.2, 0) is 6.42 Å². The van der Waals surface area contributed by atoms with Crippen LogP contribution in [0.4, 0.5) is 28.4 Å². The number of benzene rings is 4. The van der Waals surface area contributed by atoms with E-state index in [1.807, 2.05) is 0 Å². The molecule has 4 aromatic carbocycles. The van der Waals surface area contributed by atoms with Crippen LogP contribution < -0.4 is 10.2 Å². The zero-order chi connectivity index (χ0) is 20.2. The molecule has 0 saturated carbocycles. The third-order valence-corrected chi connectivity index (χ3v) is 5.47. The number of nitrogens with one attached hydrogen (secondary N) is 1. The van der Waals surface area contributed by atoms with E-state index in [1.165, 1.54) is 11.1 Å². The summed E-state index contributed by atoms with van der Waals surface area (Å²) in [5.41, 5.74) is 8.36. The summed E-state index contributed by atoms with van der Waals surface area (Å²) in [7, 11) is 0. The van der Waals surface area contributed by atoms with Crippen molar-refractivity contribution in [2.75, 3.05) is 10.2 Å². The van der Waals surface area contributed by atoms with Crippen molar-refractivity contribution in [3.8, 4) is 0 Å². The van der Waals surface area contributed by atoms with Crippen molar-refractivity contribution in [3.63, 3.8) is 0 Å². The third-order valence-electron chi connectivity index (χ3n) is 5.47. The maximum absolute atomic E-state index is 3.65. The van der Waals surface area contributed by atoms with E-state index in [0.29, 0.717) is 0 Å². The Bertz CT molecular complexity index is 1120. The highest BCUT2D eigenvalue weighted by Crippen LogP contribution is 2.36.